The number of hydrogen-bond acceptors (Lipinski definition) is 2. The summed E-state index contributed by atoms with van der Waals surface area (Å²) in [5.41, 5.74) is 6.24. The van der Waals surface area contributed by atoms with Gasteiger partial charge >= 0.3 is 0 Å². The van der Waals surface area contributed by atoms with Crippen LogP contribution < -0.4 is 5.32 Å². The lowest BCUT2D eigenvalue weighted by Gasteiger charge is -2.06. The van der Waals surface area contributed by atoms with Gasteiger partial charge in [0.1, 0.15) is 0 Å². The van der Waals surface area contributed by atoms with Crippen molar-refractivity contribution in [1.82, 2.24) is 15.1 Å². The molecule has 0 amide bonds. The van der Waals surface area contributed by atoms with Crippen molar-refractivity contribution < 1.29 is 0 Å². The molecule has 0 aliphatic rings. The molecule has 0 bridgehead atoms. The number of hydrogen-bond donors (Lipinski definition) is 1. The monoisotopic (exact) mass is 271 g/mol. The summed E-state index contributed by atoms with van der Waals surface area (Å²) < 4.78 is 2.07. The van der Waals surface area contributed by atoms with Gasteiger partial charge < -0.3 is 5.32 Å². The zero-order valence-electron chi connectivity index (χ0n) is 13.0. The van der Waals surface area contributed by atoms with Crippen LogP contribution in [0.15, 0.2) is 24.3 Å². The Labute approximate surface area is 122 Å². The maximum Gasteiger partial charge on any atom is 0.0651 e. The summed E-state index contributed by atoms with van der Waals surface area (Å²) in [6, 6.07) is 8.51. The second-order valence-corrected chi connectivity index (χ2v) is 5.36. The molecular weight excluding hydrogens is 246 g/mol. The Morgan fingerprint density at radius 1 is 1.20 bits per heavy atom. The minimum Gasteiger partial charge on any atom is -0.317 e. The molecule has 1 aromatic carbocycles. The lowest BCUT2D eigenvalue weighted by Crippen LogP contribution is -2.14. The van der Waals surface area contributed by atoms with Crippen molar-refractivity contribution in [1.29, 1.82) is 0 Å². The quantitative estimate of drug-likeness (QED) is 0.817. The molecule has 0 saturated carbocycles. The second kappa shape index (κ2) is 6.71. The zero-order valence-corrected chi connectivity index (χ0v) is 13.0. The summed E-state index contributed by atoms with van der Waals surface area (Å²) in [6.07, 6.45) is 2.26. The van der Waals surface area contributed by atoms with Crippen LogP contribution in [0.3, 0.4) is 0 Å². The molecule has 3 nitrogen and oxygen atoms in total. The third-order valence-corrected chi connectivity index (χ3v) is 3.72. The van der Waals surface area contributed by atoms with Gasteiger partial charge in [-0.15, -0.1) is 0 Å². The summed E-state index contributed by atoms with van der Waals surface area (Å²) >= 11 is 0. The van der Waals surface area contributed by atoms with Gasteiger partial charge in [0.2, 0.25) is 0 Å². The van der Waals surface area contributed by atoms with Crippen LogP contribution >= 0.6 is 0 Å². The predicted molar refractivity (Wildman–Crippen MR) is 84.6 cm³/mol. The molecule has 1 N–H and O–H groups in total. The number of nitrogens with zero attached hydrogens (tertiary/aromatic N) is 2. The number of aryl methyl sites for hydroxylation is 2. The van der Waals surface area contributed by atoms with E-state index in [9.17, 15) is 0 Å². The summed E-state index contributed by atoms with van der Waals surface area (Å²) in [6.45, 7) is 10.7. The van der Waals surface area contributed by atoms with Crippen LogP contribution in [0.2, 0.25) is 0 Å². The fraction of sp³-hybridized carbons (Fsp3) is 0.471. The first kappa shape index (κ1) is 14.8. The van der Waals surface area contributed by atoms with Crippen molar-refractivity contribution in [2.75, 3.05) is 13.1 Å². The zero-order chi connectivity index (χ0) is 14.5. The van der Waals surface area contributed by atoms with E-state index in [1.165, 1.54) is 16.8 Å². The second-order valence-electron chi connectivity index (χ2n) is 5.36. The molecule has 2 rings (SSSR count). The summed E-state index contributed by atoms with van der Waals surface area (Å²) in [4.78, 5) is 0. The van der Waals surface area contributed by atoms with E-state index in [4.69, 9.17) is 5.10 Å². The first-order valence-electron chi connectivity index (χ1n) is 7.46. The minimum atomic E-state index is 1.04. The van der Waals surface area contributed by atoms with Crippen LogP contribution in [0.25, 0.3) is 5.69 Å². The molecule has 0 atom stereocenters. The van der Waals surface area contributed by atoms with E-state index < -0.39 is 0 Å². The van der Waals surface area contributed by atoms with Crippen LogP contribution in [0.4, 0.5) is 0 Å². The third kappa shape index (κ3) is 3.28. The van der Waals surface area contributed by atoms with Crippen molar-refractivity contribution in [3.05, 3.63) is 46.8 Å². The molecule has 0 fully saturated rings. The normalized spacial score (nSPS) is 11.0. The molecule has 0 aliphatic carbocycles. The molecule has 0 saturated heterocycles. The number of rotatable bonds is 6. The predicted octanol–water partition coefficient (Wildman–Crippen LogP) is 3.34. The Hall–Kier alpha value is -1.61. The smallest absolute Gasteiger partial charge is 0.0651 e. The minimum absolute atomic E-state index is 1.04. The van der Waals surface area contributed by atoms with Gasteiger partial charge in [-0.1, -0.05) is 19.1 Å². The molecule has 1 aromatic heterocycles. The number of benzene rings is 1. The van der Waals surface area contributed by atoms with E-state index >= 15 is 0 Å². The Morgan fingerprint density at radius 2 is 2.00 bits per heavy atom. The van der Waals surface area contributed by atoms with Crippen LogP contribution in [-0.2, 0) is 6.42 Å². The molecule has 0 unspecified atom stereocenters. The Balaban J connectivity index is 2.20. The first-order chi connectivity index (χ1) is 9.63. The molecule has 0 radical (unpaired) electrons. The average molecular weight is 271 g/mol. The van der Waals surface area contributed by atoms with Crippen molar-refractivity contribution in [3.8, 4) is 5.69 Å². The standard InChI is InChI=1S/C17H25N3/c1-5-18-11-7-10-17-14(3)19-20(15(17)4)16-9-6-8-13(2)12-16/h6,8-9,12,18H,5,7,10-11H2,1-4H3. The average Bonchev–Trinajstić information content (AvgIpc) is 2.71. The molecule has 2 aromatic rings. The highest BCUT2D eigenvalue weighted by molar-refractivity contribution is 5.39. The Kier molecular flexibility index (Phi) is 4.96. The summed E-state index contributed by atoms with van der Waals surface area (Å²) in [7, 11) is 0. The van der Waals surface area contributed by atoms with Crippen molar-refractivity contribution in [2.24, 2.45) is 0 Å². The molecule has 0 spiro atoms. The summed E-state index contributed by atoms with van der Waals surface area (Å²) in [5, 5.41) is 8.09. The topological polar surface area (TPSA) is 29.9 Å². The molecule has 20 heavy (non-hydrogen) atoms. The van der Waals surface area contributed by atoms with E-state index in [1.807, 2.05) is 0 Å². The molecule has 1 heterocycles. The van der Waals surface area contributed by atoms with Gasteiger partial charge in [0, 0.05) is 5.69 Å². The molecule has 108 valence electrons. The van der Waals surface area contributed by atoms with Crippen LogP contribution in [0.5, 0.6) is 0 Å². The third-order valence-electron chi connectivity index (χ3n) is 3.72. The van der Waals surface area contributed by atoms with Gasteiger partial charge in [-0.05, 0) is 70.0 Å². The van der Waals surface area contributed by atoms with Gasteiger partial charge in [-0.2, -0.15) is 5.10 Å². The van der Waals surface area contributed by atoms with Gasteiger partial charge in [0.05, 0.1) is 11.4 Å². The van der Waals surface area contributed by atoms with E-state index in [-0.39, 0.29) is 0 Å². The van der Waals surface area contributed by atoms with Gasteiger partial charge in [0.25, 0.3) is 0 Å². The van der Waals surface area contributed by atoms with Gasteiger partial charge in [-0.3, -0.25) is 0 Å². The summed E-state index contributed by atoms with van der Waals surface area (Å²) in [5.74, 6) is 0. The number of aromatic nitrogens is 2. The highest BCUT2D eigenvalue weighted by Gasteiger charge is 2.12. The highest BCUT2D eigenvalue weighted by atomic mass is 15.3. The van der Waals surface area contributed by atoms with E-state index in [0.29, 0.717) is 0 Å². The molecule has 0 aliphatic heterocycles. The lowest BCUT2D eigenvalue weighted by molar-refractivity contribution is 0.670. The van der Waals surface area contributed by atoms with E-state index in [1.54, 1.807) is 0 Å². The lowest BCUT2D eigenvalue weighted by atomic mass is 10.1. The van der Waals surface area contributed by atoms with E-state index in [0.717, 1.165) is 37.3 Å². The fourth-order valence-corrected chi connectivity index (χ4v) is 2.61. The largest absolute Gasteiger partial charge is 0.317 e. The van der Waals surface area contributed by atoms with Crippen LogP contribution in [0, 0.1) is 20.8 Å². The molecule has 3 heteroatoms. The van der Waals surface area contributed by atoms with Crippen LogP contribution in [0.1, 0.15) is 35.9 Å². The SMILES string of the molecule is CCNCCCc1c(C)nn(-c2cccc(C)c2)c1C. The van der Waals surface area contributed by atoms with Gasteiger partial charge in [-0.25, -0.2) is 4.68 Å². The highest BCUT2D eigenvalue weighted by Crippen LogP contribution is 2.19. The maximum atomic E-state index is 4.72. The van der Waals surface area contributed by atoms with Gasteiger partial charge in [0.15, 0.2) is 0 Å². The Morgan fingerprint density at radius 3 is 2.70 bits per heavy atom. The molecular formula is C17H25N3. The first-order valence-corrected chi connectivity index (χ1v) is 7.46. The van der Waals surface area contributed by atoms with Crippen molar-refractivity contribution in [3.63, 3.8) is 0 Å². The van der Waals surface area contributed by atoms with Crippen LogP contribution in [-0.4, -0.2) is 22.9 Å². The van der Waals surface area contributed by atoms with E-state index in [2.05, 4.69) is 62.0 Å². The van der Waals surface area contributed by atoms with Crippen molar-refractivity contribution in [2.45, 2.75) is 40.5 Å². The maximum absolute atomic E-state index is 4.72. The Bertz CT molecular complexity index is 570. The fourth-order valence-electron chi connectivity index (χ4n) is 2.61. The number of nitrogens with one attached hydrogen (secondary N) is 1. The van der Waals surface area contributed by atoms with Crippen molar-refractivity contribution >= 4 is 0 Å².